The van der Waals surface area contributed by atoms with Crippen molar-refractivity contribution >= 4 is 5.69 Å². The summed E-state index contributed by atoms with van der Waals surface area (Å²) >= 11 is 0. The molecular formula is C21H20N4. The van der Waals surface area contributed by atoms with Crippen LogP contribution in [0, 0.1) is 6.57 Å². The summed E-state index contributed by atoms with van der Waals surface area (Å²) in [4.78, 5) is 3.52. The third-order valence-electron chi connectivity index (χ3n) is 5.28. The summed E-state index contributed by atoms with van der Waals surface area (Å²) in [6.07, 6.45) is 5.89. The van der Waals surface area contributed by atoms with Gasteiger partial charge in [-0.2, -0.15) is 5.10 Å². The minimum absolute atomic E-state index is 0.0146. The van der Waals surface area contributed by atoms with Gasteiger partial charge in [0.15, 0.2) is 5.69 Å². The molecule has 25 heavy (non-hydrogen) atoms. The molecule has 4 rings (SSSR count). The maximum Gasteiger partial charge on any atom is 0.187 e. The molecule has 4 heteroatoms. The normalized spacial score (nSPS) is 16.3. The van der Waals surface area contributed by atoms with Gasteiger partial charge in [-0.3, -0.25) is 5.10 Å². The van der Waals surface area contributed by atoms with E-state index >= 15 is 0 Å². The first-order chi connectivity index (χ1) is 12.3. The van der Waals surface area contributed by atoms with E-state index in [1.54, 1.807) is 0 Å². The summed E-state index contributed by atoms with van der Waals surface area (Å²) in [6.45, 7) is 9.19. The first kappa shape index (κ1) is 15.6. The van der Waals surface area contributed by atoms with Crippen molar-refractivity contribution in [2.45, 2.75) is 18.3 Å². The Balaban J connectivity index is 1.74. The number of benzene rings is 2. The van der Waals surface area contributed by atoms with Crippen LogP contribution in [-0.4, -0.2) is 23.3 Å². The molecule has 0 saturated carbocycles. The number of H-pyrrole nitrogens is 1. The Kier molecular flexibility index (Phi) is 4.09. The summed E-state index contributed by atoms with van der Waals surface area (Å²) in [5.74, 6) is 0. The van der Waals surface area contributed by atoms with E-state index < -0.39 is 0 Å². The number of hydrogen-bond donors (Lipinski definition) is 2. The molecule has 1 aromatic heterocycles. The SMILES string of the molecule is [C-]#[N+]c1ccc(C2(c3ccc(-c4cn[nH]c4)cc3)CCNCC2)cc1. The number of piperidine rings is 1. The lowest BCUT2D eigenvalue weighted by Gasteiger charge is -2.39. The first-order valence-corrected chi connectivity index (χ1v) is 8.60. The van der Waals surface area contributed by atoms with Crippen LogP contribution in [0.4, 0.5) is 5.69 Å². The van der Waals surface area contributed by atoms with Gasteiger partial charge in [0.25, 0.3) is 0 Å². The molecule has 0 aliphatic carbocycles. The van der Waals surface area contributed by atoms with Crippen LogP contribution in [0.15, 0.2) is 60.9 Å². The Labute approximate surface area is 147 Å². The van der Waals surface area contributed by atoms with Gasteiger partial charge in [0.2, 0.25) is 0 Å². The molecule has 124 valence electrons. The molecule has 4 nitrogen and oxygen atoms in total. The molecule has 0 atom stereocenters. The van der Waals surface area contributed by atoms with Gasteiger partial charge in [0.05, 0.1) is 12.8 Å². The molecule has 3 aromatic rings. The van der Waals surface area contributed by atoms with Crippen molar-refractivity contribution in [3.8, 4) is 11.1 Å². The van der Waals surface area contributed by atoms with Crippen molar-refractivity contribution in [3.63, 3.8) is 0 Å². The van der Waals surface area contributed by atoms with Gasteiger partial charge in [-0.25, -0.2) is 4.85 Å². The summed E-state index contributed by atoms with van der Waals surface area (Å²) in [7, 11) is 0. The monoisotopic (exact) mass is 328 g/mol. The highest BCUT2D eigenvalue weighted by atomic mass is 15.1. The van der Waals surface area contributed by atoms with Gasteiger partial charge < -0.3 is 5.32 Å². The zero-order valence-corrected chi connectivity index (χ0v) is 14.0. The minimum atomic E-state index is 0.0146. The zero-order chi connectivity index (χ0) is 17.1. The van der Waals surface area contributed by atoms with Gasteiger partial charge in [-0.05, 0) is 42.6 Å². The number of hydrogen-bond acceptors (Lipinski definition) is 2. The standard InChI is InChI=1S/C21H20N4/c1-22-20-8-6-19(7-9-20)21(10-12-23-13-11-21)18-4-2-16(3-5-18)17-14-24-25-15-17/h2-9,14-15,23H,10-13H2,(H,24,25). The maximum absolute atomic E-state index is 7.17. The van der Waals surface area contributed by atoms with Crippen LogP contribution in [0.1, 0.15) is 24.0 Å². The molecule has 0 amide bonds. The van der Waals surface area contributed by atoms with Gasteiger partial charge in [0.1, 0.15) is 0 Å². The van der Waals surface area contributed by atoms with Crippen molar-refractivity contribution in [1.29, 1.82) is 0 Å². The van der Waals surface area contributed by atoms with E-state index in [4.69, 9.17) is 6.57 Å². The molecular weight excluding hydrogens is 308 g/mol. The molecule has 1 aliphatic rings. The van der Waals surface area contributed by atoms with Crippen LogP contribution in [0.3, 0.4) is 0 Å². The lowest BCUT2D eigenvalue weighted by molar-refractivity contribution is 0.362. The summed E-state index contributed by atoms with van der Waals surface area (Å²) in [5, 5.41) is 10.4. The lowest BCUT2D eigenvalue weighted by Crippen LogP contribution is -2.40. The number of nitrogens with zero attached hydrogens (tertiary/aromatic N) is 2. The average molecular weight is 328 g/mol. The van der Waals surface area contributed by atoms with E-state index in [2.05, 4.69) is 56.8 Å². The molecule has 2 N–H and O–H groups in total. The Morgan fingerprint density at radius 2 is 1.52 bits per heavy atom. The third-order valence-corrected chi connectivity index (χ3v) is 5.28. The molecule has 0 spiro atoms. The van der Waals surface area contributed by atoms with E-state index in [-0.39, 0.29) is 5.41 Å². The van der Waals surface area contributed by atoms with Crippen molar-refractivity contribution in [1.82, 2.24) is 15.5 Å². The molecule has 0 bridgehead atoms. The fourth-order valence-electron chi connectivity index (χ4n) is 3.84. The Hall–Kier alpha value is -2.90. The molecule has 0 radical (unpaired) electrons. The molecule has 1 saturated heterocycles. The van der Waals surface area contributed by atoms with E-state index in [1.807, 2.05) is 24.5 Å². The highest BCUT2D eigenvalue weighted by Gasteiger charge is 2.35. The van der Waals surface area contributed by atoms with Gasteiger partial charge in [0, 0.05) is 17.2 Å². The number of aromatic nitrogens is 2. The van der Waals surface area contributed by atoms with Crippen LogP contribution < -0.4 is 5.32 Å². The first-order valence-electron chi connectivity index (χ1n) is 8.60. The van der Waals surface area contributed by atoms with Gasteiger partial charge in [-0.1, -0.05) is 48.5 Å². The van der Waals surface area contributed by atoms with E-state index in [9.17, 15) is 0 Å². The number of aromatic amines is 1. The van der Waals surface area contributed by atoms with Crippen molar-refractivity contribution < 1.29 is 0 Å². The Morgan fingerprint density at radius 3 is 2.08 bits per heavy atom. The maximum atomic E-state index is 7.17. The highest BCUT2D eigenvalue weighted by molar-refractivity contribution is 5.62. The predicted molar refractivity (Wildman–Crippen MR) is 99.6 cm³/mol. The third kappa shape index (κ3) is 2.84. The fourth-order valence-corrected chi connectivity index (χ4v) is 3.84. The molecule has 1 fully saturated rings. The zero-order valence-electron chi connectivity index (χ0n) is 14.0. The van der Waals surface area contributed by atoms with Gasteiger partial charge >= 0.3 is 0 Å². The molecule has 1 aliphatic heterocycles. The highest BCUT2D eigenvalue weighted by Crippen LogP contribution is 2.41. The van der Waals surface area contributed by atoms with Crippen molar-refractivity contribution in [3.05, 3.63) is 83.5 Å². The quantitative estimate of drug-likeness (QED) is 0.704. The lowest BCUT2D eigenvalue weighted by atomic mass is 9.68. The van der Waals surface area contributed by atoms with Crippen LogP contribution in [-0.2, 0) is 5.41 Å². The minimum Gasteiger partial charge on any atom is -0.317 e. The topological polar surface area (TPSA) is 45.1 Å². The van der Waals surface area contributed by atoms with E-state index in [0.717, 1.165) is 31.5 Å². The summed E-state index contributed by atoms with van der Waals surface area (Å²) in [5.41, 5.74) is 5.63. The van der Waals surface area contributed by atoms with Crippen LogP contribution in [0.5, 0.6) is 0 Å². The second-order valence-corrected chi connectivity index (χ2v) is 6.56. The van der Waals surface area contributed by atoms with E-state index in [1.165, 1.54) is 16.7 Å². The van der Waals surface area contributed by atoms with Crippen molar-refractivity contribution in [2.75, 3.05) is 13.1 Å². The average Bonchev–Trinajstić information content (AvgIpc) is 3.24. The van der Waals surface area contributed by atoms with Gasteiger partial charge in [-0.15, -0.1) is 0 Å². The summed E-state index contributed by atoms with van der Waals surface area (Å²) in [6, 6.07) is 17.0. The Morgan fingerprint density at radius 1 is 0.880 bits per heavy atom. The summed E-state index contributed by atoms with van der Waals surface area (Å²) < 4.78 is 0. The predicted octanol–water partition coefficient (Wildman–Crippen LogP) is 4.30. The second kappa shape index (κ2) is 6.54. The molecule has 2 aromatic carbocycles. The number of nitrogens with one attached hydrogen (secondary N) is 2. The molecule has 0 unspecified atom stereocenters. The van der Waals surface area contributed by atoms with Crippen LogP contribution in [0.25, 0.3) is 16.0 Å². The smallest absolute Gasteiger partial charge is 0.187 e. The van der Waals surface area contributed by atoms with E-state index in [0.29, 0.717) is 5.69 Å². The molecule has 2 heterocycles. The Bertz CT molecular complexity index is 865. The fraction of sp³-hybridized carbons (Fsp3) is 0.238. The second-order valence-electron chi connectivity index (χ2n) is 6.56. The van der Waals surface area contributed by atoms with Crippen molar-refractivity contribution in [2.24, 2.45) is 0 Å². The number of rotatable bonds is 3. The van der Waals surface area contributed by atoms with Crippen LogP contribution >= 0.6 is 0 Å². The van der Waals surface area contributed by atoms with Crippen LogP contribution in [0.2, 0.25) is 0 Å². The largest absolute Gasteiger partial charge is 0.317 e.